The number of sulfonamides is 1. The van der Waals surface area contributed by atoms with Crippen molar-refractivity contribution in [3.8, 4) is 0 Å². The molecule has 1 aromatic rings. The summed E-state index contributed by atoms with van der Waals surface area (Å²) in [6.07, 6.45) is 3.07. The molecule has 9 heteroatoms. The number of benzene rings is 1. The smallest absolute Gasteiger partial charge is 0.264 e. The zero-order chi connectivity index (χ0) is 19.1. The molecule has 7 nitrogen and oxygen atoms in total. The summed E-state index contributed by atoms with van der Waals surface area (Å²) in [6.45, 7) is 8.24. The highest BCUT2D eigenvalue weighted by molar-refractivity contribution is 7.89. The van der Waals surface area contributed by atoms with Crippen LogP contribution in [0.3, 0.4) is 0 Å². The minimum Gasteiger partial charge on any atom is -0.330 e. The molecule has 140 valence electrons. The molecule has 0 saturated heterocycles. The highest BCUT2D eigenvalue weighted by Crippen LogP contribution is 2.06. The number of nitrogens with two attached hydrogens (primary N) is 1. The molecular formula is C15H28N2O5S2. The van der Waals surface area contributed by atoms with Gasteiger partial charge < -0.3 is 5.73 Å². The Hall–Kier alpha value is -1.26. The first-order valence-electron chi connectivity index (χ1n) is 7.45. The molecule has 0 aromatic heterocycles. The summed E-state index contributed by atoms with van der Waals surface area (Å²) in [6, 6.07) is 8.23. The molecule has 0 unspecified atom stereocenters. The maximum absolute atomic E-state index is 11.4. The molecule has 0 spiro atoms. The molecule has 0 saturated carbocycles. The summed E-state index contributed by atoms with van der Waals surface area (Å²) >= 11 is 0. The van der Waals surface area contributed by atoms with Crippen molar-refractivity contribution in [2.75, 3.05) is 18.8 Å². The van der Waals surface area contributed by atoms with E-state index in [9.17, 15) is 16.8 Å². The van der Waals surface area contributed by atoms with Gasteiger partial charge in [0.25, 0.3) is 10.1 Å². The maximum Gasteiger partial charge on any atom is 0.264 e. The highest BCUT2D eigenvalue weighted by Gasteiger charge is 2.10. The fourth-order valence-electron chi connectivity index (χ4n) is 1.11. The molecule has 0 fully saturated rings. The fraction of sp³-hybridized carbons (Fsp3) is 0.467. The van der Waals surface area contributed by atoms with Crippen LogP contribution in [0.1, 0.15) is 26.7 Å². The first-order valence-corrected chi connectivity index (χ1v) is 10.5. The molecule has 0 heterocycles. The quantitative estimate of drug-likeness (QED) is 0.489. The van der Waals surface area contributed by atoms with Gasteiger partial charge in [-0.25, -0.2) is 13.1 Å². The van der Waals surface area contributed by atoms with Crippen molar-refractivity contribution in [2.45, 2.75) is 31.6 Å². The van der Waals surface area contributed by atoms with E-state index in [1.807, 2.05) is 0 Å². The summed E-state index contributed by atoms with van der Waals surface area (Å²) in [5.74, 6) is -0.132. The van der Waals surface area contributed by atoms with Crippen molar-refractivity contribution < 1.29 is 21.4 Å². The molecule has 0 bridgehead atoms. The second-order valence-electron chi connectivity index (χ2n) is 4.53. The Morgan fingerprint density at radius 3 is 1.92 bits per heavy atom. The van der Waals surface area contributed by atoms with Crippen LogP contribution in [0.2, 0.25) is 0 Å². The van der Waals surface area contributed by atoms with Gasteiger partial charge in [-0.15, -0.1) is 6.58 Å². The van der Waals surface area contributed by atoms with Crippen molar-refractivity contribution in [1.29, 1.82) is 0 Å². The van der Waals surface area contributed by atoms with Crippen LogP contribution in [0, 0.1) is 0 Å². The lowest BCUT2D eigenvalue weighted by Gasteiger charge is -2.02. The second-order valence-corrected chi connectivity index (χ2v) is 7.87. The largest absolute Gasteiger partial charge is 0.330 e. The SMILES string of the molecule is C=CCNS(=O)(=O)c1ccccc1.CCCN.CCCS(=O)(=O)O. The van der Waals surface area contributed by atoms with Gasteiger partial charge in [-0.3, -0.25) is 4.55 Å². The van der Waals surface area contributed by atoms with Crippen LogP contribution in [0.5, 0.6) is 0 Å². The molecule has 0 aliphatic heterocycles. The van der Waals surface area contributed by atoms with Gasteiger partial charge in [0.2, 0.25) is 10.0 Å². The average Bonchev–Trinajstić information content (AvgIpc) is 2.53. The maximum atomic E-state index is 11.4. The predicted molar refractivity (Wildman–Crippen MR) is 97.9 cm³/mol. The van der Waals surface area contributed by atoms with Crippen LogP contribution >= 0.6 is 0 Å². The van der Waals surface area contributed by atoms with E-state index in [-0.39, 0.29) is 17.2 Å². The Kier molecular flexibility index (Phi) is 14.7. The molecule has 0 radical (unpaired) electrons. The van der Waals surface area contributed by atoms with Crippen molar-refractivity contribution in [1.82, 2.24) is 4.72 Å². The van der Waals surface area contributed by atoms with Gasteiger partial charge in [-0.2, -0.15) is 8.42 Å². The van der Waals surface area contributed by atoms with E-state index in [0.717, 1.165) is 13.0 Å². The molecule has 1 aromatic carbocycles. The summed E-state index contributed by atoms with van der Waals surface area (Å²) in [7, 11) is -7.02. The fourth-order valence-corrected chi connectivity index (χ4v) is 2.64. The summed E-state index contributed by atoms with van der Waals surface area (Å²) in [5.41, 5.74) is 5.03. The van der Waals surface area contributed by atoms with E-state index >= 15 is 0 Å². The van der Waals surface area contributed by atoms with Gasteiger partial charge >= 0.3 is 0 Å². The molecular weight excluding hydrogens is 352 g/mol. The first-order chi connectivity index (χ1) is 11.1. The minimum atomic E-state index is -3.67. The van der Waals surface area contributed by atoms with Crippen molar-refractivity contribution >= 4 is 20.1 Å². The lowest BCUT2D eigenvalue weighted by Crippen LogP contribution is -2.23. The summed E-state index contributed by atoms with van der Waals surface area (Å²) in [4.78, 5) is 0.275. The third-order valence-corrected chi connectivity index (χ3v) is 4.59. The third-order valence-electron chi connectivity index (χ3n) is 2.22. The van der Waals surface area contributed by atoms with Gasteiger partial charge in [0, 0.05) is 6.54 Å². The van der Waals surface area contributed by atoms with Crippen molar-refractivity contribution in [3.63, 3.8) is 0 Å². The van der Waals surface area contributed by atoms with E-state index in [1.165, 1.54) is 6.08 Å². The summed E-state index contributed by atoms with van der Waals surface area (Å²) in [5, 5.41) is 0. The molecule has 0 aliphatic carbocycles. The Labute approximate surface area is 145 Å². The van der Waals surface area contributed by atoms with Gasteiger partial charge in [0.05, 0.1) is 10.6 Å². The van der Waals surface area contributed by atoms with Crippen LogP contribution in [0.15, 0.2) is 47.9 Å². The molecule has 24 heavy (non-hydrogen) atoms. The van der Waals surface area contributed by atoms with E-state index in [4.69, 9.17) is 10.3 Å². The summed E-state index contributed by atoms with van der Waals surface area (Å²) < 4.78 is 52.8. The zero-order valence-corrected chi connectivity index (χ0v) is 15.8. The van der Waals surface area contributed by atoms with Crippen molar-refractivity contribution in [3.05, 3.63) is 43.0 Å². The van der Waals surface area contributed by atoms with Gasteiger partial charge in [0.1, 0.15) is 0 Å². The Morgan fingerprint density at radius 2 is 1.62 bits per heavy atom. The second kappa shape index (κ2) is 14.1. The van der Waals surface area contributed by atoms with E-state index < -0.39 is 20.1 Å². The normalized spacial score (nSPS) is 10.7. The standard InChI is InChI=1S/C9H11NO2S.C3H9N.C3H8O3S/c1-2-8-10-13(11,12)9-6-4-3-5-7-9;1-2-3-4;1-2-3-7(4,5)6/h2-7,10H,1,8H2;2-4H2,1H3;2-3H2,1H3,(H,4,5,6). The third kappa shape index (κ3) is 15.6. The number of hydrogen-bond donors (Lipinski definition) is 3. The van der Waals surface area contributed by atoms with Crippen LogP contribution in [0.4, 0.5) is 0 Å². The van der Waals surface area contributed by atoms with E-state index in [2.05, 4.69) is 18.2 Å². The lowest BCUT2D eigenvalue weighted by molar-refractivity contribution is 0.482. The molecule has 4 N–H and O–H groups in total. The van der Waals surface area contributed by atoms with Gasteiger partial charge in [-0.05, 0) is 31.5 Å². The molecule has 0 aliphatic rings. The molecule has 1 rings (SSSR count). The monoisotopic (exact) mass is 380 g/mol. The minimum absolute atomic E-state index is 0.132. The Balaban J connectivity index is 0. The number of hydrogen-bond acceptors (Lipinski definition) is 5. The van der Waals surface area contributed by atoms with Crippen LogP contribution in [-0.4, -0.2) is 40.2 Å². The van der Waals surface area contributed by atoms with Crippen LogP contribution in [0.25, 0.3) is 0 Å². The average molecular weight is 381 g/mol. The first kappa shape index (κ1) is 25.0. The Bertz CT molecular complexity index is 627. The molecule has 0 amide bonds. The lowest BCUT2D eigenvalue weighted by atomic mass is 10.4. The number of rotatable bonds is 7. The van der Waals surface area contributed by atoms with Gasteiger partial charge in [0.15, 0.2) is 0 Å². The van der Waals surface area contributed by atoms with E-state index in [0.29, 0.717) is 6.42 Å². The van der Waals surface area contributed by atoms with Crippen molar-refractivity contribution in [2.24, 2.45) is 5.73 Å². The molecule has 0 atom stereocenters. The zero-order valence-electron chi connectivity index (χ0n) is 14.2. The number of nitrogens with one attached hydrogen (secondary N) is 1. The highest BCUT2D eigenvalue weighted by atomic mass is 32.2. The predicted octanol–water partition coefficient (Wildman–Crippen LogP) is 1.79. The van der Waals surface area contributed by atoms with Gasteiger partial charge in [-0.1, -0.05) is 38.1 Å². The van der Waals surface area contributed by atoms with E-state index in [1.54, 1.807) is 37.3 Å². The van der Waals surface area contributed by atoms with Crippen LogP contribution < -0.4 is 10.5 Å². The Morgan fingerprint density at radius 1 is 1.12 bits per heavy atom. The topological polar surface area (TPSA) is 127 Å². The van der Waals surface area contributed by atoms with Crippen LogP contribution in [-0.2, 0) is 20.1 Å².